The molecule has 2 aromatic carbocycles. The van der Waals surface area contributed by atoms with Crippen molar-refractivity contribution in [3.63, 3.8) is 0 Å². The quantitative estimate of drug-likeness (QED) is 0.0622. The smallest absolute Gasteiger partial charge is 0.270 e. The van der Waals surface area contributed by atoms with Crippen molar-refractivity contribution in [3.8, 4) is 0 Å². The molecule has 1 aromatic heterocycles. The van der Waals surface area contributed by atoms with Crippen LogP contribution < -0.4 is 21.3 Å². The minimum Gasteiger partial charge on any atom is -0.390 e. The molecule has 354 valence electrons. The second-order valence-electron chi connectivity index (χ2n) is 16.5. The van der Waals surface area contributed by atoms with Crippen LogP contribution >= 0.6 is 0 Å². The number of hydrogen-bond donors (Lipinski definition) is 5. The number of nitrogens with one attached hydrogen (secondary N) is 4. The SMILES string of the molecule is O=C1CCC(N2C(=O)c3cccc(NCCOCCOCCOCCOCCC(=O)N4CCC(Nc5cc(C(=O)NC[C@H](O)CN6CCc7ccccc7C6)ncn5)CC4)c3C2=O)C(=O)N1. The molecular formula is C46H59N9O11. The highest BCUT2D eigenvalue weighted by molar-refractivity contribution is 6.25. The van der Waals surface area contributed by atoms with Crippen LogP contribution in [0.4, 0.5) is 11.5 Å². The Labute approximate surface area is 383 Å². The number of imide groups is 2. The van der Waals surface area contributed by atoms with E-state index in [9.17, 15) is 33.9 Å². The summed E-state index contributed by atoms with van der Waals surface area (Å²) < 4.78 is 22.3. The van der Waals surface area contributed by atoms with Crippen LogP contribution in [0.1, 0.15) is 74.4 Å². The Hall–Kier alpha value is -5.90. The fraction of sp³-hybridized carbons (Fsp3) is 0.522. The second kappa shape index (κ2) is 24.0. The number of carbonyl (C=O) groups is 6. The van der Waals surface area contributed by atoms with Crippen LogP contribution in [0.25, 0.3) is 0 Å². The van der Waals surface area contributed by atoms with Crippen molar-refractivity contribution in [3.05, 3.63) is 82.8 Å². The standard InChI is InChI=1S/C46H59N9O11/c56-34(29-53-15-10-31-4-1-2-5-32(31)28-53)27-48-43(59)37-26-39(50-30-49-37)51-33-11-16-54(17-12-33)41(58)13-18-63-20-22-65-24-25-66-23-21-64-19-14-47-36-7-3-6-35-42(36)46(62)55(45(35)61)38-8-9-40(57)52-44(38)60/h1-7,26,30,33-34,38,47,56H,8-25,27-29H2,(H,48,59)(H,49,50,51)(H,52,57,60)/t34-,38?/m0/s1. The molecule has 20 nitrogen and oxygen atoms in total. The number of aliphatic hydroxyl groups is 1. The van der Waals surface area contributed by atoms with E-state index in [-0.39, 0.29) is 60.5 Å². The number of piperidine rings is 2. The van der Waals surface area contributed by atoms with Crippen LogP contribution in [0, 0.1) is 0 Å². The number of anilines is 2. The van der Waals surface area contributed by atoms with Gasteiger partial charge < -0.3 is 44.9 Å². The van der Waals surface area contributed by atoms with Gasteiger partial charge >= 0.3 is 0 Å². The molecular weight excluding hydrogens is 855 g/mol. The Morgan fingerprint density at radius 2 is 1.52 bits per heavy atom. The molecule has 4 aliphatic heterocycles. The molecule has 66 heavy (non-hydrogen) atoms. The lowest BCUT2D eigenvalue weighted by Gasteiger charge is -2.32. The summed E-state index contributed by atoms with van der Waals surface area (Å²) in [6, 6.07) is 13.9. The van der Waals surface area contributed by atoms with E-state index in [1.165, 1.54) is 17.5 Å². The van der Waals surface area contributed by atoms with Crippen LogP contribution in [0.2, 0.25) is 0 Å². The number of carbonyl (C=O) groups excluding carboxylic acids is 6. The lowest BCUT2D eigenvalue weighted by molar-refractivity contribution is -0.136. The summed E-state index contributed by atoms with van der Waals surface area (Å²) in [6.45, 7) is 6.53. The number of β-amino-alcohol motifs (C(OH)–C–C–N with tert-alkyl or cyclic N) is 1. The maximum absolute atomic E-state index is 13.2. The maximum Gasteiger partial charge on any atom is 0.270 e. The van der Waals surface area contributed by atoms with Crippen molar-refractivity contribution in [1.82, 2.24) is 35.3 Å². The van der Waals surface area contributed by atoms with Crippen LogP contribution in [-0.4, -0.2) is 176 Å². The molecule has 20 heteroatoms. The number of benzene rings is 2. The number of ether oxygens (including phenoxy) is 4. The van der Waals surface area contributed by atoms with E-state index in [2.05, 4.69) is 48.3 Å². The molecule has 7 rings (SSSR count). The average molecular weight is 914 g/mol. The number of rotatable bonds is 24. The molecule has 0 bridgehead atoms. The van der Waals surface area contributed by atoms with Crippen molar-refractivity contribution in [2.24, 2.45) is 0 Å². The van der Waals surface area contributed by atoms with Crippen LogP contribution in [-0.2, 0) is 46.3 Å². The Bertz CT molecular complexity index is 2190. The van der Waals surface area contributed by atoms with Crippen molar-refractivity contribution in [2.75, 3.05) is 103 Å². The van der Waals surface area contributed by atoms with Gasteiger partial charge in [-0.2, -0.15) is 0 Å². The number of nitrogens with zero attached hydrogens (tertiary/aromatic N) is 5. The Morgan fingerprint density at radius 1 is 0.803 bits per heavy atom. The first-order valence-electron chi connectivity index (χ1n) is 22.7. The summed E-state index contributed by atoms with van der Waals surface area (Å²) in [5, 5.41) is 22.1. The van der Waals surface area contributed by atoms with Gasteiger partial charge in [-0.3, -0.25) is 43.9 Å². The molecule has 2 atom stereocenters. The average Bonchev–Trinajstić information content (AvgIpc) is 3.58. The zero-order valence-electron chi connectivity index (χ0n) is 37.0. The number of likely N-dealkylation sites (tertiary alicyclic amines) is 1. The third-order valence-corrected chi connectivity index (χ3v) is 11.9. The lowest BCUT2D eigenvalue weighted by atomic mass is 10.00. The predicted octanol–water partition coefficient (Wildman–Crippen LogP) is 0.998. The minimum atomic E-state index is -1.03. The highest BCUT2D eigenvalue weighted by atomic mass is 16.6. The van der Waals surface area contributed by atoms with Crippen LogP contribution in [0.5, 0.6) is 0 Å². The molecule has 0 spiro atoms. The number of aromatic nitrogens is 2. The van der Waals surface area contributed by atoms with Gasteiger partial charge in [-0.1, -0.05) is 30.3 Å². The molecule has 2 saturated heterocycles. The topological polar surface area (TPSA) is 243 Å². The van der Waals surface area contributed by atoms with E-state index in [0.717, 1.165) is 37.3 Å². The normalized spacial score (nSPS) is 18.2. The number of hydrogen-bond acceptors (Lipinski definition) is 16. The van der Waals surface area contributed by atoms with Crippen LogP contribution in [0.3, 0.4) is 0 Å². The predicted molar refractivity (Wildman–Crippen MR) is 239 cm³/mol. The number of fused-ring (bicyclic) bond motifs is 2. The Morgan fingerprint density at radius 3 is 2.26 bits per heavy atom. The lowest BCUT2D eigenvalue weighted by Crippen LogP contribution is -2.54. The molecule has 5 N–H and O–H groups in total. The first-order chi connectivity index (χ1) is 32.1. The van der Waals surface area contributed by atoms with Gasteiger partial charge in [0.15, 0.2) is 0 Å². The molecule has 0 saturated carbocycles. The summed E-state index contributed by atoms with van der Waals surface area (Å²) in [5.41, 5.74) is 3.69. The minimum absolute atomic E-state index is 0.0302. The fourth-order valence-corrected chi connectivity index (χ4v) is 8.42. The van der Waals surface area contributed by atoms with E-state index in [1.54, 1.807) is 24.3 Å². The second-order valence-corrected chi connectivity index (χ2v) is 16.5. The largest absolute Gasteiger partial charge is 0.390 e. The van der Waals surface area contributed by atoms with E-state index in [0.29, 0.717) is 90.5 Å². The summed E-state index contributed by atoms with van der Waals surface area (Å²) in [7, 11) is 0. The van der Waals surface area contributed by atoms with Gasteiger partial charge in [0, 0.05) is 70.0 Å². The molecule has 2 fully saturated rings. The van der Waals surface area contributed by atoms with Gasteiger partial charge in [-0.25, -0.2) is 9.97 Å². The molecule has 1 unspecified atom stereocenters. The van der Waals surface area contributed by atoms with Gasteiger partial charge in [-0.05, 0) is 48.9 Å². The molecule has 5 heterocycles. The van der Waals surface area contributed by atoms with E-state index in [1.807, 2.05) is 17.0 Å². The number of amides is 6. The third-order valence-electron chi connectivity index (χ3n) is 11.9. The van der Waals surface area contributed by atoms with E-state index in [4.69, 9.17) is 18.9 Å². The molecule has 0 aliphatic carbocycles. The highest BCUT2D eigenvalue weighted by Crippen LogP contribution is 2.32. The molecule has 3 aromatic rings. The fourth-order valence-electron chi connectivity index (χ4n) is 8.42. The maximum atomic E-state index is 13.2. The van der Waals surface area contributed by atoms with Crippen molar-refractivity contribution in [1.29, 1.82) is 0 Å². The highest BCUT2D eigenvalue weighted by Gasteiger charge is 2.45. The van der Waals surface area contributed by atoms with Crippen molar-refractivity contribution < 1.29 is 52.8 Å². The summed E-state index contributed by atoms with van der Waals surface area (Å²) in [6.07, 6.45) is 3.44. The Kier molecular flexibility index (Phi) is 17.5. The monoisotopic (exact) mass is 913 g/mol. The van der Waals surface area contributed by atoms with Crippen molar-refractivity contribution in [2.45, 2.75) is 63.3 Å². The molecule has 0 radical (unpaired) electrons. The molecule has 4 aliphatic rings. The first-order valence-corrected chi connectivity index (χ1v) is 22.7. The third kappa shape index (κ3) is 13.1. The van der Waals surface area contributed by atoms with Gasteiger partial charge in [0.1, 0.15) is 23.9 Å². The van der Waals surface area contributed by atoms with Gasteiger partial charge in [0.05, 0.1) is 76.5 Å². The number of aliphatic hydroxyl groups excluding tert-OH is 1. The summed E-state index contributed by atoms with van der Waals surface area (Å²) in [4.78, 5) is 89.2. The first kappa shape index (κ1) is 48.0. The zero-order chi connectivity index (χ0) is 46.3. The van der Waals surface area contributed by atoms with Gasteiger partial charge in [0.25, 0.3) is 17.7 Å². The van der Waals surface area contributed by atoms with Crippen molar-refractivity contribution >= 4 is 46.9 Å². The summed E-state index contributed by atoms with van der Waals surface area (Å²) >= 11 is 0. The summed E-state index contributed by atoms with van der Waals surface area (Å²) in [5.74, 6) is -2.03. The van der Waals surface area contributed by atoms with Gasteiger partial charge in [-0.15, -0.1) is 0 Å². The Balaban J connectivity index is 0.667. The van der Waals surface area contributed by atoms with E-state index >= 15 is 0 Å². The zero-order valence-corrected chi connectivity index (χ0v) is 37.0. The van der Waals surface area contributed by atoms with E-state index < -0.39 is 35.8 Å². The van der Waals surface area contributed by atoms with Gasteiger partial charge in [0.2, 0.25) is 17.7 Å². The molecule has 6 amide bonds. The van der Waals surface area contributed by atoms with Crippen LogP contribution in [0.15, 0.2) is 54.9 Å².